The first-order valence-electron chi connectivity index (χ1n) is 8.74. The average molecular weight is 345 g/mol. The quantitative estimate of drug-likeness (QED) is 0.821. The van der Waals surface area contributed by atoms with Crippen LogP contribution in [0.3, 0.4) is 0 Å². The molecule has 1 heterocycles. The first-order chi connectivity index (χ1) is 11.4. The Morgan fingerprint density at radius 1 is 1.08 bits per heavy atom. The zero-order valence-electron chi connectivity index (χ0n) is 16.4. The van der Waals surface area contributed by atoms with E-state index in [1.807, 2.05) is 71.9 Å². The number of ether oxygens (including phenoxy) is 1. The Bertz CT molecular complexity index is 629. The Morgan fingerprint density at radius 2 is 1.64 bits per heavy atom. The molecule has 1 fully saturated rings. The lowest BCUT2D eigenvalue weighted by Crippen LogP contribution is -2.52. The second-order valence-corrected chi connectivity index (χ2v) is 8.78. The van der Waals surface area contributed by atoms with Crippen LogP contribution in [0.5, 0.6) is 0 Å². The highest BCUT2D eigenvalue weighted by molar-refractivity contribution is 5.89. The molecule has 0 N–H and O–H groups in total. The molecule has 1 aromatic rings. The molecule has 0 bridgehead atoms. The number of likely N-dealkylation sites (N-methyl/N-ethyl adjacent to an activating group) is 1. The van der Waals surface area contributed by atoms with E-state index >= 15 is 0 Å². The summed E-state index contributed by atoms with van der Waals surface area (Å²) in [6.45, 7) is 11.6. The number of carbonyl (C=O) groups is 2. The van der Waals surface area contributed by atoms with E-state index < -0.39 is 17.7 Å². The molecule has 1 aliphatic heterocycles. The molecule has 2 rings (SSSR count). The summed E-state index contributed by atoms with van der Waals surface area (Å²) in [4.78, 5) is 29.2. The minimum Gasteiger partial charge on any atom is -0.444 e. The van der Waals surface area contributed by atoms with Crippen molar-refractivity contribution in [3.8, 4) is 0 Å². The number of hydrogen-bond donors (Lipinski definition) is 0. The molecular formula is C20H30N2O3. The Hall–Kier alpha value is -2.04. The van der Waals surface area contributed by atoms with Crippen molar-refractivity contribution in [1.82, 2.24) is 9.80 Å². The van der Waals surface area contributed by atoms with Crippen LogP contribution in [0.2, 0.25) is 0 Å². The van der Waals surface area contributed by atoms with Gasteiger partial charge in [0, 0.05) is 18.9 Å². The summed E-state index contributed by atoms with van der Waals surface area (Å²) in [7, 11) is 1.76. The van der Waals surface area contributed by atoms with E-state index in [0.29, 0.717) is 6.42 Å². The molecule has 0 radical (unpaired) electrons. The monoisotopic (exact) mass is 345 g/mol. The van der Waals surface area contributed by atoms with Gasteiger partial charge >= 0.3 is 6.09 Å². The minimum atomic E-state index is -0.610. The van der Waals surface area contributed by atoms with Gasteiger partial charge in [0.05, 0.1) is 0 Å². The van der Waals surface area contributed by atoms with Crippen LogP contribution >= 0.6 is 0 Å². The molecule has 0 spiro atoms. The fraction of sp³-hybridized carbons (Fsp3) is 0.600. The van der Waals surface area contributed by atoms with Crippen LogP contribution in [0.15, 0.2) is 30.3 Å². The molecule has 0 aliphatic carbocycles. The fourth-order valence-electron chi connectivity index (χ4n) is 3.39. The van der Waals surface area contributed by atoms with Crippen molar-refractivity contribution in [1.29, 1.82) is 0 Å². The van der Waals surface area contributed by atoms with Crippen LogP contribution in [0, 0.1) is 5.41 Å². The van der Waals surface area contributed by atoms with Gasteiger partial charge in [-0.2, -0.15) is 0 Å². The Morgan fingerprint density at radius 3 is 2.12 bits per heavy atom. The number of nitrogens with zero attached hydrogens (tertiary/aromatic N) is 2. The summed E-state index contributed by atoms with van der Waals surface area (Å²) >= 11 is 0. The highest BCUT2D eigenvalue weighted by atomic mass is 16.6. The molecule has 1 aliphatic rings. The molecule has 2 amide bonds. The summed E-state index contributed by atoms with van der Waals surface area (Å²) in [5, 5.41) is 0. The van der Waals surface area contributed by atoms with E-state index in [1.165, 1.54) is 0 Å². The fourth-order valence-corrected chi connectivity index (χ4v) is 3.39. The van der Waals surface area contributed by atoms with Gasteiger partial charge in [-0.3, -0.25) is 9.69 Å². The van der Waals surface area contributed by atoms with Crippen molar-refractivity contribution in [2.75, 3.05) is 7.05 Å². The van der Waals surface area contributed by atoms with Gasteiger partial charge in [-0.05, 0) is 26.3 Å². The van der Waals surface area contributed by atoms with Crippen molar-refractivity contribution in [3.63, 3.8) is 0 Å². The van der Waals surface area contributed by atoms with Gasteiger partial charge in [0.25, 0.3) is 0 Å². The predicted molar refractivity (Wildman–Crippen MR) is 98.0 cm³/mol. The third-order valence-electron chi connectivity index (χ3n) is 4.25. The molecule has 0 saturated carbocycles. The second-order valence-electron chi connectivity index (χ2n) is 8.78. The van der Waals surface area contributed by atoms with E-state index in [9.17, 15) is 9.59 Å². The van der Waals surface area contributed by atoms with Gasteiger partial charge < -0.3 is 9.64 Å². The second kappa shape index (κ2) is 6.70. The van der Waals surface area contributed by atoms with Crippen molar-refractivity contribution in [3.05, 3.63) is 35.9 Å². The van der Waals surface area contributed by atoms with Crippen LogP contribution in [0.25, 0.3) is 0 Å². The standard InChI is InChI=1S/C20H30N2O3/c1-19(2,3)17-21(7)16(23)15(13-14-11-9-8-10-12-14)22(17)18(24)25-20(4,5)6/h8-12,15,17H,13H2,1-7H3/t15-,17-/m1/s1/i13-1. The largest absolute Gasteiger partial charge is 0.444 e. The van der Waals surface area contributed by atoms with E-state index in [0.717, 1.165) is 5.56 Å². The molecule has 0 unspecified atom stereocenters. The number of rotatable bonds is 2. The topological polar surface area (TPSA) is 49.9 Å². The molecular weight excluding hydrogens is 315 g/mol. The van der Waals surface area contributed by atoms with Gasteiger partial charge in [0.1, 0.15) is 17.8 Å². The molecule has 2 atom stereocenters. The van der Waals surface area contributed by atoms with Gasteiger partial charge in [0.2, 0.25) is 5.91 Å². The van der Waals surface area contributed by atoms with Gasteiger partial charge in [-0.1, -0.05) is 51.1 Å². The molecule has 1 aromatic carbocycles. The van der Waals surface area contributed by atoms with Crippen LogP contribution in [0.1, 0.15) is 47.1 Å². The first-order valence-corrected chi connectivity index (χ1v) is 8.74. The third-order valence-corrected chi connectivity index (χ3v) is 4.25. The molecule has 0 aromatic heterocycles. The van der Waals surface area contributed by atoms with Gasteiger partial charge in [0.15, 0.2) is 0 Å². The van der Waals surface area contributed by atoms with Crippen molar-refractivity contribution >= 4 is 12.0 Å². The lowest BCUT2D eigenvalue weighted by atomic mass is 9.72. The maximum absolute atomic E-state index is 12.9. The van der Waals surface area contributed by atoms with Crippen molar-refractivity contribution in [2.24, 2.45) is 5.41 Å². The van der Waals surface area contributed by atoms with Crippen LogP contribution in [-0.2, 0) is 16.0 Å². The number of amides is 2. The Balaban J connectivity index is 2.40. The highest BCUT2D eigenvalue weighted by Crippen LogP contribution is 2.36. The maximum Gasteiger partial charge on any atom is 0.412 e. The minimum absolute atomic E-state index is 0.0466. The van der Waals surface area contributed by atoms with Crippen LogP contribution < -0.4 is 0 Å². The van der Waals surface area contributed by atoms with E-state index in [1.54, 1.807) is 16.8 Å². The zero-order valence-corrected chi connectivity index (χ0v) is 16.4. The lowest BCUT2D eigenvalue weighted by molar-refractivity contribution is -0.129. The summed E-state index contributed by atoms with van der Waals surface area (Å²) in [5.74, 6) is -0.0466. The maximum atomic E-state index is 12.9. The van der Waals surface area contributed by atoms with Crippen molar-refractivity contribution in [2.45, 2.75) is 65.8 Å². The summed E-state index contributed by atoms with van der Waals surface area (Å²) in [5.41, 5.74) is 0.130. The average Bonchev–Trinajstić information content (AvgIpc) is 2.71. The zero-order chi connectivity index (χ0) is 19.0. The molecule has 25 heavy (non-hydrogen) atoms. The Kier molecular flexibility index (Phi) is 5.17. The van der Waals surface area contributed by atoms with E-state index in [4.69, 9.17) is 4.74 Å². The number of benzene rings is 1. The van der Waals surface area contributed by atoms with Crippen molar-refractivity contribution < 1.29 is 14.3 Å². The number of carbonyl (C=O) groups excluding carboxylic acids is 2. The summed E-state index contributed by atoms with van der Waals surface area (Å²) in [6, 6.07) is 9.23. The highest BCUT2D eigenvalue weighted by Gasteiger charge is 2.52. The number of hydrogen-bond acceptors (Lipinski definition) is 3. The van der Waals surface area contributed by atoms with Crippen LogP contribution in [-0.4, -0.2) is 46.7 Å². The first kappa shape index (κ1) is 19.3. The van der Waals surface area contributed by atoms with E-state index in [-0.39, 0.29) is 17.5 Å². The molecule has 138 valence electrons. The van der Waals surface area contributed by atoms with Gasteiger partial charge in [-0.15, -0.1) is 0 Å². The van der Waals surface area contributed by atoms with E-state index in [2.05, 4.69) is 0 Å². The predicted octanol–water partition coefficient (Wildman–Crippen LogP) is 3.68. The normalized spacial score (nSPS) is 21.6. The SMILES string of the molecule is CN1C(=O)[C@@H]([11CH2]c2ccccc2)N(C(=O)OC(C)(C)C)[C@@H]1C(C)(C)C. The van der Waals surface area contributed by atoms with Gasteiger partial charge in [-0.25, -0.2) is 4.79 Å². The summed E-state index contributed by atoms with van der Waals surface area (Å²) < 4.78 is 5.62. The summed E-state index contributed by atoms with van der Waals surface area (Å²) in [6.07, 6.45) is -0.301. The van der Waals surface area contributed by atoms with Crippen LogP contribution in [0.4, 0.5) is 4.79 Å². The molecule has 1 saturated heterocycles. The Labute approximate surface area is 150 Å². The molecule has 5 nitrogen and oxygen atoms in total. The molecule has 5 heteroatoms. The third kappa shape index (κ3) is 4.33. The lowest BCUT2D eigenvalue weighted by Gasteiger charge is -2.39. The smallest absolute Gasteiger partial charge is 0.412 e.